The van der Waals surface area contributed by atoms with E-state index in [0.717, 1.165) is 35.1 Å². The molecule has 3 rings (SSSR count). The summed E-state index contributed by atoms with van der Waals surface area (Å²) in [6, 6.07) is 13.6. The van der Waals surface area contributed by atoms with Gasteiger partial charge < -0.3 is 10.1 Å². The fraction of sp³-hybridized carbons (Fsp3) is 0.235. The van der Waals surface area contributed by atoms with Gasteiger partial charge in [0.15, 0.2) is 0 Å². The average Bonchev–Trinajstić information content (AvgIpc) is 2.52. The van der Waals surface area contributed by atoms with Gasteiger partial charge in [-0.2, -0.15) is 0 Å². The predicted molar refractivity (Wildman–Crippen MR) is 85.1 cm³/mol. The SMILES string of the molecule is O=C(OCc1cccc(Br)c1)c1cccc2c1CCNC2. The Morgan fingerprint density at radius 1 is 1.24 bits per heavy atom. The molecule has 4 heteroatoms. The number of rotatable bonds is 3. The molecule has 0 amide bonds. The summed E-state index contributed by atoms with van der Waals surface area (Å²) in [6.07, 6.45) is 0.873. The molecule has 0 atom stereocenters. The van der Waals surface area contributed by atoms with Crippen LogP contribution in [-0.4, -0.2) is 12.5 Å². The molecule has 0 aliphatic carbocycles. The molecular weight excluding hydrogens is 330 g/mol. The molecule has 0 unspecified atom stereocenters. The second-order valence-electron chi connectivity index (χ2n) is 5.08. The lowest BCUT2D eigenvalue weighted by Crippen LogP contribution is -2.25. The largest absolute Gasteiger partial charge is 0.457 e. The van der Waals surface area contributed by atoms with Gasteiger partial charge in [0.05, 0.1) is 5.56 Å². The van der Waals surface area contributed by atoms with E-state index in [9.17, 15) is 4.79 Å². The highest BCUT2D eigenvalue weighted by Gasteiger charge is 2.18. The Morgan fingerprint density at radius 2 is 2.10 bits per heavy atom. The molecule has 2 aromatic rings. The molecule has 1 heterocycles. The minimum atomic E-state index is -0.242. The van der Waals surface area contributed by atoms with Gasteiger partial charge in [-0.25, -0.2) is 4.79 Å². The number of benzene rings is 2. The second kappa shape index (κ2) is 6.41. The molecule has 21 heavy (non-hydrogen) atoms. The lowest BCUT2D eigenvalue weighted by atomic mass is 9.95. The van der Waals surface area contributed by atoms with Crippen LogP contribution in [0, 0.1) is 0 Å². The normalized spacial score (nSPS) is 13.6. The third-order valence-electron chi connectivity index (χ3n) is 3.62. The van der Waals surface area contributed by atoms with Crippen LogP contribution in [0.15, 0.2) is 46.9 Å². The first-order valence-corrected chi connectivity index (χ1v) is 7.76. The van der Waals surface area contributed by atoms with Crippen molar-refractivity contribution in [1.82, 2.24) is 5.32 Å². The molecule has 0 fully saturated rings. The minimum Gasteiger partial charge on any atom is -0.457 e. The summed E-state index contributed by atoms with van der Waals surface area (Å²) in [5.74, 6) is -0.242. The zero-order valence-corrected chi connectivity index (χ0v) is 13.2. The van der Waals surface area contributed by atoms with Crippen LogP contribution < -0.4 is 5.32 Å². The van der Waals surface area contributed by atoms with Crippen LogP contribution >= 0.6 is 15.9 Å². The molecule has 108 valence electrons. The first-order valence-electron chi connectivity index (χ1n) is 6.97. The van der Waals surface area contributed by atoms with Gasteiger partial charge in [0.2, 0.25) is 0 Å². The Hall–Kier alpha value is -1.65. The Kier molecular flexibility index (Phi) is 4.36. The van der Waals surface area contributed by atoms with E-state index in [1.807, 2.05) is 36.4 Å². The Bertz CT molecular complexity index is 670. The smallest absolute Gasteiger partial charge is 0.338 e. The van der Waals surface area contributed by atoms with Gasteiger partial charge in [-0.3, -0.25) is 0 Å². The van der Waals surface area contributed by atoms with Gasteiger partial charge in [0.25, 0.3) is 0 Å². The van der Waals surface area contributed by atoms with E-state index in [1.54, 1.807) is 0 Å². The van der Waals surface area contributed by atoms with Crippen molar-refractivity contribution in [3.8, 4) is 0 Å². The van der Waals surface area contributed by atoms with Crippen molar-refractivity contribution in [2.75, 3.05) is 6.54 Å². The lowest BCUT2D eigenvalue weighted by Gasteiger charge is -2.19. The molecule has 0 aromatic heterocycles. The molecule has 0 saturated heterocycles. The summed E-state index contributed by atoms with van der Waals surface area (Å²) in [5, 5.41) is 3.31. The predicted octanol–water partition coefficient (Wildman–Crippen LogP) is 3.45. The number of carbonyl (C=O) groups excluding carboxylic acids is 1. The Balaban J connectivity index is 1.74. The van der Waals surface area contributed by atoms with Crippen LogP contribution in [0.5, 0.6) is 0 Å². The maximum atomic E-state index is 12.3. The van der Waals surface area contributed by atoms with Crippen LogP contribution in [0.25, 0.3) is 0 Å². The number of fused-ring (bicyclic) bond motifs is 1. The van der Waals surface area contributed by atoms with Crippen molar-refractivity contribution in [3.63, 3.8) is 0 Å². The first kappa shape index (κ1) is 14.3. The van der Waals surface area contributed by atoms with Gasteiger partial charge >= 0.3 is 5.97 Å². The summed E-state index contributed by atoms with van der Waals surface area (Å²) in [4.78, 5) is 12.3. The average molecular weight is 346 g/mol. The van der Waals surface area contributed by atoms with Crippen molar-refractivity contribution in [1.29, 1.82) is 0 Å². The Labute approximate surface area is 132 Å². The van der Waals surface area contributed by atoms with E-state index in [-0.39, 0.29) is 5.97 Å². The number of ether oxygens (including phenoxy) is 1. The van der Waals surface area contributed by atoms with E-state index >= 15 is 0 Å². The van der Waals surface area contributed by atoms with Gasteiger partial charge in [-0.1, -0.05) is 40.2 Å². The quantitative estimate of drug-likeness (QED) is 0.866. The zero-order valence-electron chi connectivity index (χ0n) is 11.6. The maximum Gasteiger partial charge on any atom is 0.338 e. The fourth-order valence-electron chi connectivity index (χ4n) is 2.58. The number of nitrogens with one attached hydrogen (secondary N) is 1. The number of hydrogen-bond donors (Lipinski definition) is 1. The molecule has 0 saturated carbocycles. The molecule has 1 aliphatic rings. The number of carbonyl (C=O) groups is 1. The summed E-state index contributed by atoms with van der Waals surface area (Å²) >= 11 is 3.42. The van der Waals surface area contributed by atoms with Gasteiger partial charge in [-0.15, -0.1) is 0 Å². The van der Waals surface area contributed by atoms with Crippen LogP contribution in [0.2, 0.25) is 0 Å². The van der Waals surface area contributed by atoms with Crippen molar-refractivity contribution >= 4 is 21.9 Å². The van der Waals surface area contributed by atoms with E-state index < -0.39 is 0 Å². The van der Waals surface area contributed by atoms with E-state index in [2.05, 4.69) is 27.3 Å². The summed E-state index contributed by atoms with van der Waals surface area (Å²) in [6.45, 7) is 2.02. The van der Waals surface area contributed by atoms with Crippen molar-refractivity contribution in [2.24, 2.45) is 0 Å². The molecule has 2 aromatic carbocycles. The molecule has 0 spiro atoms. The van der Waals surface area contributed by atoms with Crippen LogP contribution in [0.4, 0.5) is 0 Å². The summed E-state index contributed by atoms with van der Waals surface area (Å²) < 4.78 is 6.44. The highest BCUT2D eigenvalue weighted by atomic mass is 79.9. The van der Waals surface area contributed by atoms with Crippen molar-refractivity contribution in [3.05, 3.63) is 69.2 Å². The van der Waals surface area contributed by atoms with Crippen LogP contribution in [-0.2, 0) is 24.3 Å². The maximum absolute atomic E-state index is 12.3. The van der Waals surface area contributed by atoms with E-state index in [0.29, 0.717) is 12.2 Å². The second-order valence-corrected chi connectivity index (χ2v) is 5.99. The monoisotopic (exact) mass is 345 g/mol. The van der Waals surface area contributed by atoms with E-state index in [4.69, 9.17) is 4.74 Å². The highest BCUT2D eigenvalue weighted by Crippen LogP contribution is 2.20. The molecule has 0 radical (unpaired) electrons. The summed E-state index contributed by atoms with van der Waals surface area (Å²) in [7, 11) is 0. The first-order chi connectivity index (χ1) is 10.2. The fourth-order valence-corrected chi connectivity index (χ4v) is 3.02. The lowest BCUT2D eigenvalue weighted by molar-refractivity contribution is 0.0471. The van der Waals surface area contributed by atoms with Crippen molar-refractivity contribution in [2.45, 2.75) is 19.6 Å². The Morgan fingerprint density at radius 3 is 2.95 bits per heavy atom. The molecule has 1 aliphatic heterocycles. The number of halogens is 1. The van der Waals surface area contributed by atoms with Gasteiger partial charge in [0, 0.05) is 11.0 Å². The molecule has 0 bridgehead atoms. The highest BCUT2D eigenvalue weighted by molar-refractivity contribution is 9.10. The van der Waals surface area contributed by atoms with Crippen LogP contribution in [0.1, 0.15) is 27.0 Å². The van der Waals surface area contributed by atoms with Gasteiger partial charge in [-0.05, 0) is 47.9 Å². The number of esters is 1. The van der Waals surface area contributed by atoms with Crippen LogP contribution in [0.3, 0.4) is 0 Å². The number of hydrogen-bond acceptors (Lipinski definition) is 3. The molecule has 1 N–H and O–H groups in total. The summed E-state index contributed by atoms with van der Waals surface area (Å²) in [5.41, 5.74) is 3.99. The van der Waals surface area contributed by atoms with Gasteiger partial charge in [0.1, 0.15) is 6.61 Å². The topological polar surface area (TPSA) is 38.3 Å². The van der Waals surface area contributed by atoms with Crippen molar-refractivity contribution < 1.29 is 9.53 Å². The third kappa shape index (κ3) is 3.34. The van der Waals surface area contributed by atoms with E-state index in [1.165, 1.54) is 5.56 Å². The molecule has 3 nitrogen and oxygen atoms in total. The minimum absolute atomic E-state index is 0.242. The standard InChI is InChI=1S/C17H16BrNO2/c18-14-5-1-3-12(9-14)11-21-17(20)16-6-2-4-13-10-19-8-7-15(13)16/h1-6,9,19H,7-8,10-11H2. The third-order valence-corrected chi connectivity index (χ3v) is 4.11. The zero-order chi connectivity index (χ0) is 14.7. The molecular formula is C17H16BrNO2.